The van der Waals surface area contributed by atoms with E-state index in [2.05, 4.69) is 94.8 Å². The van der Waals surface area contributed by atoms with Crippen LogP contribution in [0.15, 0.2) is 24.3 Å². The third kappa shape index (κ3) is 4.91. The molecule has 5 rings (SSSR count). The molecule has 3 aliphatic rings. The molecule has 0 radical (unpaired) electrons. The molecule has 7 nitrogen and oxygen atoms in total. The number of aliphatic hydroxyl groups is 2. The first kappa shape index (κ1) is 31.6. The Kier molecular flexibility index (Phi) is 8.32. The lowest BCUT2D eigenvalue weighted by molar-refractivity contribution is -0.114. The molecule has 1 fully saturated rings. The summed E-state index contributed by atoms with van der Waals surface area (Å²) in [5.41, 5.74) is 14.1. The summed E-state index contributed by atoms with van der Waals surface area (Å²) in [4.78, 5) is 17.3. The highest BCUT2D eigenvalue weighted by Gasteiger charge is 2.54. The van der Waals surface area contributed by atoms with E-state index < -0.39 is 24.0 Å². The van der Waals surface area contributed by atoms with E-state index in [4.69, 9.17) is 5.73 Å². The van der Waals surface area contributed by atoms with Gasteiger partial charge >= 0.3 is 0 Å². The predicted molar refractivity (Wildman–Crippen MR) is 179 cm³/mol. The zero-order chi connectivity index (χ0) is 31.6. The number of nitrogens with one attached hydrogen (secondary N) is 1. The van der Waals surface area contributed by atoms with Crippen LogP contribution in [0.3, 0.4) is 0 Å². The van der Waals surface area contributed by atoms with E-state index in [-0.39, 0.29) is 22.8 Å². The van der Waals surface area contributed by atoms with Gasteiger partial charge in [0.2, 0.25) is 5.91 Å². The minimum absolute atomic E-state index is 0.0882. The minimum Gasteiger partial charge on any atom is -0.398 e. The molecule has 4 unspecified atom stereocenters. The van der Waals surface area contributed by atoms with Gasteiger partial charge < -0.3 is 31.1 Å². The molecular formula is C36H54N4O3. The minimum atomic E-state index is -0.836. The van der Waals surface area contributed by atoms with Crippen molar-refractivity contribution in [3.05, 3.63) is 46.5 Å². The van der Waals surface area contributed by atoms with Crippen molar-refractivity contribution in [1.29, 1.82) is 0 Å². The Labute approximate surface area is 258 Å². The average Bonchev–Trinajstić information content (AvgIpc) is 3.23. The molecule has 1 amide bonds. The van der Waals surface area contributed by atoms with Crippen molar-refractivity contribution >= 4 is 28.7 Å². The molecule has 0 spiro atoms. The first-order valence-corrected chi connectivity index (χ1v) is 16.5. The van der Waals surface area contributed by atoms with Crippen LogP contribution in [-0.2, 0) is 15.6 Å². The van der Waals surface area contributed by atoms with Gasteiger partial charge in [-0.05, 0) is 61.1 Å². The van der Waals surface area contributed by atoms with Crippen LogP contribution in [0.25, 0.3) is 0 Å². The zero-order valence-electron chi connectivity index (χ0n) is 27.8. The standard InChI is InChI=1S/C36H54N4O3/c1-10-12-14-39-20(3)35(6,7)25-16-23(27(37)18-29(25)39)31-33(42)32(34(31)43)24-17-26-30(19-28(24)38-22(5)41)40(15-13-11-2)21(4)36(26,8)9/h16-21,31-34,42-43H,10-15,37H2,1-9H3,(H,38,41). The van der Waals surface area contributed by atoms with Crippen molar-refractivity contribution < 1.29 is 15.0 Å². The molecule has 5 N–H and O–H groups in total. The Morgan fingerprint density at radius 2 is 1.26 bits per heavy atom. The van der Waals surface area contributed by atoms with E-state index in [1.54, 1.807) is 0 Å². The summed E-state index contributed by atoms with van der Waals surface area (Å²) in [6.07, 6.45) is 2.77. The largest absolute Gasteiger partial charge is 0.398 e. The zero-order valence-corrected chi connectivity index (χ0v) is 27.8. The summed E-state index contributed by atoms with van der Waals surface area (Å²) in [7, 11) is 0. The van der Waals surface area contributed by atoms with Crippen LogP contribution in [-0.4, -0.2) is 53.5 Å². The third-order valence-corrected chi connectivity index (χ3v) is 11.4. The molecule has 0 saturated heterocycles. The number of benzene rings is 2. The van der Waals surface area contributed by atoms with Crippen LogP contribution in [0.5, 0.6) is 0 Å². The highest BCUT2D eigenvalue weighted by Crippen LogP contribution is 2.56. The molecule has 1 aliphatic carbocycles. The first-order chi connectivity index (χ1) is 20.2. The van der Waals surface area contributed by atoms with E-state index in [0.29, 0.717) is 17.4 Å². The fourth-order valence-corrected chi connectivity index (χ4v) is 7.97. The number of aliphatic hydroxyl groups excluding tert-OH is 2. The van der Waals surface area contributed by atoms with Gasteiger partial charge in [-0.25, -0.2) is 0 Å². The highest BCUT2D eigenvalue weighted by atomic mass is 16.3. The molecule has 2 aliphatic heterocycles. The fourth-order valence-electron chi connectivity index (χ4n) is 7.97. The van der Waals surface area contributed by atoms with Crippen molar-refractivity contribution in [2.75, 3.05) is 33.9 Å². The van der Waals surface area contributed by atoms with Gasteiger partial charge in [0.05, 0.1) is 12.2 Å². The van der Waals surface area contributed by atoms with Gasteiger partial charge in [0, 0.05) is 77.5 Å². The SMILES string of the molecule is CCCCN1c2cc(N)c(C3C(O)C(c4cc5c(cc4NC(C)=O)N(CCCC)C(C)C5(C)C)C3O)cc2C(C)(C)C1C. The second kappa shape index (κ2) is 11.3. The lowest BCUT2D eigenvalue weighted by atomic mass is 9.62. The maximum absolute atomic E-state index is 12.4. The van der Waals surface area contributed by atoms with E-state index in [1.807, 2.05) is 0 Å². The Bertz CT molecular complexity index is 1380. The first-order valence-electron chi connectivity index (χ1n) is 16.5. The summed E-state index contributed by atoms with van der Waals surface area (Å²) in [6.45, 7) is 21.5. The normalized spacial score (nSPS) is 28.4. The number of nitrogens with zero attached hydrogens (tertiary/aromatic N) is 2. The molecule has 2 aromatic carbocycles. The molecule has 4 atom stereocenters. The summed E-state index contributed by atoms with van der Waals surface area (Å²) in [5, 5.41) is 26.6. The number of hydrogen-bond donors (Lipinski definition) is 4. The van der Waals surface area contributed by atoms with Crippen LogP contribution in [0, 0.1) is 0 Å². The molecule has 0 bridgehead atoms. The number of anilines is 4. The van der Waals surface area contributed by atoms with Crippen LogP contribution >= 0.6 is 0 Å². The molecule has 2 heterocycles. The van der Waals surface area contributed by atoms with Crippen molar-refractivity contribution in [3.8, 4) is 0 Å². The fraction of sp³-hybridized carbons (Fsp3) is 0.639. The van der Waals surface area contributed by atoms with Crippen LogP contribution in [0.4, 0.5) is 22.7 Å². The molecule has 236 valence electrons. The quantitative estimate of drug-likeness (QED) is 0.252. The monoisotopic (exact) mass is 590 g/mol. The topological polar surface area (TPSA) is 102 Å². The molecule has 43 heavy (non-hydrogen) atoms. The lowest BCUT2D eigenvalue weighted by Crippen LogP contribution is -2.52. The second-order valence-corrected chi connectivity index (χ2v) is 14.6. The number of nitrogens with two attached hydrogens (primary N) is 1. The van der Waals surface area contributed by atoms with Gasteiger partial charge in [0.25, 0.3) is 0 Å². The average molecular weight is 591 g/mol. The Balaban J connectivity index is 1.53. The van der Waals surface area contributed by atoms with Crippen LogP contribution in [0.2, 0.25) is 0 Å². The van der Waals surface area contributed by atoms with Crippen LogP contribution in [0.1, 0.15) is 122 Å². The lowest BCUT2D eigenvalue weighted by Gasteiger charge is -2.48. The van der Waals surface area contributed by atoms with E-state index >= 15 is 0 Å². The molecule has 7 heteroatoms. The number of carbonyl (C=O) groups excluding carboxylic acids is 1. The molecule has 1 saturated carbocycles. The van der Waals surface area contributed by atoms with E-state index in [0.717, 1.165) is 55.6 Å². The Morgan fingerprint density at radius 1 is 0.814 bits per heavy atom. The number of amides is 1. The smallest absolute Gasteiger partial charge is 0.221 e. The number of unbranched alkanes of at least 4 members (excludes halogenated alkanes) is 2. The van der Waals surface area contributed by atoms with E-state index in [1.165, 1.54) is 23.7 Å². The summed E-state index contributed by atoms with van der Waals surface area (Å²) >= 11 is 0. The third-order valence-electron chi connectivity index (χ3n) is 11.4. The van der Waals surface area contributed by atoms with Crippen molar-refractivity contribution in [3.63, 3.8) is 0 Å². The van der Waals surface area contributed by atoms with Crippen molar-refractivity contribution in [1.82, 2.24) is 0 Å². The Hall–Kier alpha value is -2.77. The predicted octanol–water partition coefficient (Wildman–Crippen LogP) is 6.40. The number of hydrogen-bond acceptors (Lipinski definition) is 6. The van der Waals surface area contributed by atoms with Gasteiger partial charge in [-0.15, -0.1) is 0 Å². The van der Waals surface area contributed by atoms with Gasteiger partial charge in [-0.1, -0.05) is 66.5 Å². The maximum atomic E-state index is 12.4. The van der Waals surface area contributed by atoms with Gasteiger partial charge in [0.1, 0.15) is 0 Å². The molecule has 0 aromatic heterocycles. The number of carbonyl (C=O) groups is 1. The summed E-state index contributed by atoms with van der Waals surface area (Å²) in [6, 6.07) is 9.02. The summed E-state index contributed by atoms with van der Waals surface area (Å²) in [5.74, 6) is -1.20. The second-order valence-electron chi connectivity index (χ2n) is 14.6. The number of fused-ring (bicyclic) bond motifs is 2. The molecule has 2 aromatic rings. The van der Waals surface area contributed by atoms with Crippen molar-refractivity contribution in [2.45, 2.75) is 135 Å². The Morgan fingerprint density at radius 3 is 1.72 bits per heavy atom. The number of rotatable bonds is 9. The van der Waals surface area contributed by atoms with Crippen LogP contribution < -0.4 is 20.9 Å². The summed E-state index contributed by atoms with van der Waals surface area (Å²) < 4.78 is 0. The highest BCUT2D eigenvalue weighted by molar-refractivity contribution is 5.91. The molecular weight excluding hydrogens is 536 g/mol. The van der Waals surface area contributed by atoms with Gasteiger partial charge in [-0.3, -0.25) is 4.79 Å². The maximum Gasteiger partial charge on any atom is 0.221 e. The van der Waals surface area contributed by atoms with Crippen molar-refractivity contribution in [2.24, 2.45) is 0 Å². The van der Waals surface area contributed by atoms with Gasteiger partial charge in [-0.2, -0.15) is 0 Å². The number of nitrogen functional groups attached to an aromatic ring is 1. The van der Waals surface area contributed by atoms with E-state index in [9.17, 15) is 15.0 Å². The van der Waals surface area contributed by atoms with Gasteiger partial charge in [0.15, 0.2) is 0 Å².